The van der Waals surface area contributed by atoms with E-state index in [1.807, 2.05) is 18.2 Å². The van der Waals surface area contributed by atoms with Crippen molar-refractivity contribution in [2.75, 3.05) is 13.2 Å². The van der Waals surface area contributed by atoms with E-state index in [1.54, 1.807) is 0 Å². The Bertz CT molecular complexity index is 898. The number of carbonyl (C=O) groups excluding carboxylic acids is 1. The van der Waals surface area contributed by atoms with Crippen LogP contribution in [0.3, 0.4) is 0 Å². The van der Waals surface area contributed by atoms with Crippen molar-refractivity contribution in [1.82, 2.24) is 5.32 Å². The molecular weight excluding hydrogens is 358 g/mol. The van der Waals surface area contributed by atoms with Crippen LogP contribution in [0.4, 0.5) is 0 Å². The van der Waals surface area contributed by atoms with Gasteiger partial charge in [-0.05, 0) is 60.1 Å². The molecule has 0 spiro atoms. The van der Waals surface area contributed by atoms with Gasteiger partial charge in [0.25, 0.3) is 5.91 Å². The predicted octanol–water partition coefficient (Wildman–Crippen LogP) is 4.89. The van der Waals surface area contributed by atoms with Crippen LogP contribution in [0.1, 0.15) is 41.0 Å². The van der Waals surface area contributed by atoms with Crippen LogP contribution in [0, 0.1) is 0 Å². The standard InChI is InChI=1S/C26H27NO2/c28-26(19-29-24-15-14-20-12-7-13-23(20)18-24)27-17-16-25(21-8-3-1-4-9-21)22-10-5-2-6-11-22/h1-6,8-11,14-15,18,25H,7,12-13,16-17,19H2,(H,27,28). The molecule has 29 heavy (non-hydrogen) atoms. The SMILES string of the molecule is O=C(COc1ccc2c(c1)CCC2)NCCC(c1ccccc1)c1ccccc1. The van der Waals surface area contributed by atoms with Crippen LogP contribution in [0.5, 0.6) is 5.75 Å². The predicted molar refractivity (Wildman–Crippen MR) is 116 cm³/mol. The van der Waals surface area contributed by atoms with Gasteiger partial charge < -0.3 is 10.1 Å². The summed E-state index contributed by atoms with van der Waals surface area (Å²) in [6.45, 7) is 0.668. The first-order chi connectivity index (χ1) is 14.3. The summed E-state index contributed by atoms with van der Waals surface area (Å²) in [6.07, 6.45) is 4.32. The number of fused-ring (bicyclic) bond motifs is 1. The van der Waals surface area contributed by atoms with Crippen LogP contribution in [0.15, 0.2) is 78.9 Å². The van der Waals surface area contributed by atoms with Crippen molar-refractivity contribution >= 4 is 5.91 Å². The maximum atomic E-state index is 12.3. The minimum atomic E-state index is -0.0784. The average molecular weight is 386 g/mol. The van der Waals surface area contributed by atoms with Crippen LogP contribution in [-0.4, -0.2) is 19.1 Å². The van der Waals surface area contributed by atoms with E-state index >= 15 is 0 Å². The second-order valence-electron chi connectivity index (χ2n) is 7.59. The van der Waals surface area contributed by atoms with Crippen molar-refractivity contribution in [3.05, 3.63) is 101 Å². The number of rotatable bonds is 8. The summed E-state index contributed by atoms with van der Waals surface area (Å²) in [5.41, 5.74) is 5.30. The Kier molecular flexibility index (Phi) is 6.25. The van der Waals surface area contributed by atoms with Crippen LogP contribution in [0.25, 0.3) is 0 Å². The van der Waals surface area contributed by atoms with Crippen molar-refractivity contribution in [1.29, 1.82) is 0 Å². The molecular formula is C26H27NO2. The fourth-order valence-corrected chi connectivity index (χ4v) is 4.09. The van der Waals surface area contributed by atoms with Crippen LogP contribution < -0.4 is 10.1 Å². The summed E-state index contributed by atoms with van der Waals surface area (Å²) in [4.78, 5) is 12.3. The normalized spacial score (nSPS) is 12.6. The van der Waals surface area contributed by atoms with Crippen molar-refractivity contribution in [3.8, 4) is 5.75 Å². The van der Waals surface area contributed by atoms with Gasteiger partial charge in [0, 0.05) is 12.5 Å². The summed E-state index contributed by atoms with van der Waals surface area (Å²) in [6, 6.07) is 27.1. The Morgan fingerprint density at radius 3 is 2.21 bits per heavy atom. The molecule has 0 unspecified atom stereocenters. The van der Waals surface area contributed by atoms with Gasteiger partial charge in [0.2, 0.25) is 0 Å². The van der Waals surface area contributed by atoms with E-state index in [1.165, 1.54) is 28.7 Å². The second-order valence-corrected chi connectivity index (χ2v) is 7.59. The molecule has 0 bridgehead atoms. The highest BCUT2D eigenvalue weighted by Gasteiger charge is 2.15. The third kappa shape index (κ3) is 5.05. The van der Waals surface area contributed by atoms with E-state index in [2.05, 4.69) is 66.0 Å². The quantitative estimate of drug-likeness (QED) is 0.599. The topological polar surface area (TPSA) is 38.3 Å². The molecule has 4 rings (SSSR count). The van der Waals surface area contributed by atoms with Crippen molar-refractivity contribution in [2.24, 2.45) is 0 Å². The Hall–Kier alpha value is -3.07. The molecule has 3 nitrogen and oxygen atoms in total. The lowest BCUT2D eigenvalue weighted by molar-refractivity contribution is -0.123. The molecule has 3 aromatic carbocycles. The highest BCUT2D eigenvalue weighted by atomic mass is 16.5. The molecule has 0 aromatic heterocycles. The van der Waals surface area contributed by atoms with E-state index in [4.69, 9.17) is 4.74 Å². The van der Waals surface area contributed by atoms with Crippen molar-refractivity contribution < 1.29 is 9.53 Å². The zero-order valence-electron chi connectivity index (χ0n) is 16.6. The maximum Gasteiger partial charge on any atom is 0.257 e. The third-order valence-electron chi connectivity index (χ3n) is 5.60. The molecule has 0 saturated carbocycles. The molecule has 3 aromatic rings. The van der Waals surface area contributed by atoms with Crippen molar-refractivity contribution in [2.45, 2.75) is 31.6 Å². The third-order valence-corrected chi connectivity index (χ3v) is 5.60. The maximum absolute atomic E-state index is 12.3. The summed E-state index contributed by atoms with van der Waals surface area (Å²) >= 11 is 0. The van der Waals surface area contributed by atoms with Gasteiger partial charge in [0.1, 0.15) is 5.75 Å². The average Bonchev–Trinajstić information content (AvgIpc) is 3.24. The lowest BCUT2D eigenvalue weighted by Gasteiger charge is -2.18. The highest BCUT2D eigenvalue weighted by molar-refractivity contribution is 5.77. The first kappa shape index (κ1) is 19.3. The van der Waals surface area contributed by atoms with Gasteiger partial charge in [0.05, 0.1) is 0 Å². The fourth-order valence-electron chi connectivity index (χ4n) is 4.09. The van der Waals surface area contributed by atoms with Gasteiger partial charge in [-0.2, -0.15) is 0 Å². The van der Waals surface area contributed by atoms with Gasteiger partial charge in [0.15, 0.2) is 6.61 Å². The van der Waals surface area contributed by atoms with Crippen LogP contribution in [-0.2, 0) is 17.6 Å². The Morgan fingerprint density at radius 2 is 1.52 bits per heavy atom. The first-order valence-corrected chi connectivity index (χ1v) is 10.4. The second kappa shape index (κ2) is 9.42. The van der Waals surface area contributed by atoms with Gasteiger partial charge >= 0.3 is 0 Å². The number of aryl methyl sites for hydroxylation is 2. The summed E-state index contributed by atoms with van der Waals surface area (Å²) in [7, 11) is 0. The summed E-state index contributed by atoms with van der Waals surface area (Å²) < 4.78 is 5.71. The molecule has 1 aliphatic carbocycles. The lowest BCUT2D eigenvalue weighted by Crippen LogP contribution is -2.30. The number of hydrogen-bond donors (Lipinski definition) is 1. The molecule has 3 heteroatoms. The number of carbonyl (C=O) groups is 1. The summed E-state index contributed by atoms with van der Waals surface area (Å²) in [5.74, 6) is 0.966. The number of hydrogen-bond acceptors (Lipinski definition) is 2. The lowest BCUT2D eigenvalue weighted by atomic mass is 9.88. The molecule has 0 atom stereocenters. The van der Waals surface area contributed by atoms with Gasteiger partial charge in [-0.15, -0.1) is 0 Å². The molecule has 0 saturated heterocycles. The Balaban J connectivity index is 1.30. The molecule has 0 radical (unpaired) electrons. The highest BCUT2D eigenvalue weighted by Crippen LogP contribution is 2.28. The number of ether oxygens (including phenoxy) is 1. The first-order valence-electron chi connectivity index (χ1n) is 10.4. The molecule has 0 heterocycles. The van der Waals surface area contributed by atoms with Gasteiger partial charge in [-0.1, -0.05) is 66.7 Å². The summed E-state index contributed by atoms with van der Waals surface area (Å²) in [5, 5.41) is 3.01. The largest absolute Gasteiger partial charge is 0.484 e. The van der Waals surface area contributed by atoms with E-state index in [9.17, 15) is 4.79 Å². The minimum absolute atomic E-state index is 0.0557. The number of benzene rings is 3. The van der Waals surface area contributed by atoms with Gasteiger partial charge in [-0.25, -0.2) is 0 Å². The fraction of sp³-hybridized carbons (Fsp3) is 0.269. The number of amides is 1. The Morgan fingerprint density at radius 1 is 0.862 bits per heavy atom. The molecule has 1 amide bonds. The molecule has 148 valence electrons. The monoisotopic (exact) mass is 385 g/mol. The number of nitrogens with one attached hydrogen (secondary N) is 1. The van der Waals surface area contributed by atoms with E-state index in [0.29, 0.717) is 6.54 Å². The minimum Gasteiger partial charge on any atom is -0.484 e. The van der Waals surface area contributed by atoms with E-state index in [0.717, 1.165) is 25.0 Å². The van der Waals surface area contributed by atoms with Crippen LogP contribution in [0.2, 0.25) is 0 Å². The molecule has 0 fully saturated rings. The zero-order valence-corrected chi connectivity index (χ0v) is 16.6. The molecule has 0 aliphatic heterocycles. The Labute approximate surface area is 172 Å². The van der Waals surface area contributed by atoms with Gasteiger partial charge in [-0.3, -0.25) is 4.79 Å². The molecule has 1 aliphatic rings. The smallest absolute Gasteiger partial charge is 0.257 e. The van der Waals surface area contributed by atoms with Crippen molar-refractivity contribution in [3.63, 3.8) is 0 Å². The van der Waals surface area contributed by atoms with Crippen LogP contribution >= 0.6 is 0 Å². The zero-order chi connectivity index (χ0) is 19.9. The van der Waals surface area contributed by atoms with E-state index < -0.39 is 0 Å². The van der Waals surface area contributed by atoms with E-state index in [-0.39, 0.29) is 18.4 Å². The molecule has 1 N–H and O–H groups in total.